The molecule has 1 aromatic rings. The fourth-order valence-corrected chi connectivity index (χ4v) is 3.40. The zero-order chi connectivity index (χ0) is 14.8. The molecule has 0 spiro atoms. The summed E-state index contributed by atoms with van der Waals surface area (Å²) in [7, 11) is 3.65. The lowest BCUT2D eigenvalue weighted by atomic mass is 10.1. The van der Waals surface area contributed by atoms with Gasteiger partial charge in [-0.05, 0) is 19.3 Å². The topological polar surface area (TPSA) is 50.6 Å². The molecule has 0 radical (unpaired) electrons. The molecule has 6 heteroatoms. The number of methoxy groups -OCH3 is 1. The lowest BCUT2D eigenvalue weighted by Crippen LogP contribution is -2.44. The van der Waals surface area contributed by atoms with Crippen molar-refractivity contribution in [2.24, 2.45) is 7.05 Å². The first-order valence-electron chi connectivity index (χ1n) is 7.70. The first-order valence-corrected chi connectivity index (χ1v) is 7.70. The number of nitrogens with zero attached hydrogens (tertiary/aromatic N) is 4. The van der Waals surface area contributed by atoms with Crippen molar-refractivity contribution in [2.45, 2.75) is 38.0 Å². The van der Waals surface area contributed by atoms with Gasteiger partial charge in [-0.15, -0.1) is 0 Å². The van der Waals surface area contributed by atoms with Gasteiger partial charge in [0.2, 0.25) is 5.91 Å². The van der Waals surface area contributed by atoms with Crippen LogP contribution >= 0.6 is 0 Å². The van der Waals surface area contributed by atoms with E-state index in [1.165, 1.54) is 0 Å². The lowest BCUT2D eigenvalue weighted by Gasteiger charge is -2.26. The van der Waals surface area contributed by atoms with Gasteiger partial charge < -0.3 is 9.64 Å². The predicted molar refractivity (Wildman–Crippen MR) is 78.6 cm³/mol. The van der Waals surface area contributed by atoms with Crippen molar-refractivity contribution in [1.29, 1.82) is 0 Å². The fourth-order valence-electron chi connectivity index (χ4n) is 3.40. The quantitative estimate of drug-likeness (QED) is 0.817. The molecule has 3 heterocycles. The maximum atomic E-state index is 12.7. The van der Waals surface area contributed by atoms with E-state index in [1.54, 1.807) is 11.8 Å². The number of likely N-dealkylation sites (tertiary alicyclic amines) is 2. The minimum atomic E-state index is -0.0479. The van der Waals surface area contributed by atoms with Crippen LogP contribution in [0, 0.1) is 0 Å². The Kier molecular flexibility index (Phi) is 4.26. The molecule has 2 saturated heterocycles. The number of rotatable bonds is 4. The van der Waals surface area contributed by atoms with Gasteiger partial charge in [0.25, 0.3) is 0 Å². The second-order valence-corrected chi connectivity index (χ2v) is 6.09. The Balaban J connectivity index is 1.70. The molecule has 2 atom stereocenters. The van der Waals surface area contributed by atoms with Crippen LogP contribution in [0.2, 0.25) is 0 Å². The highest BCUT2D eigenvalue weighted by Crippen LogP contribution is 2.25. The van der Waals surface area contributed by atoms with E-state index in [0.29, 0.717) is 0 Å². The molecule has 1 aromatic heterocycles. The van der Waals surface area contributed by atoms with Gasteiger partial charge in [-0.3, -0.25) is 14.4 Å². The summed E-state index contributed by atoms with van der Waals surface area (Å²) in [6, 6.07) is -0.0479. The van der Waals surface area contributed by atoms with Gasteiger partial charge in [0, 0.05) is 52.1 Å². The molecule has 0 unspecified atom stereocenters. The summed E-state index contributed by atoms with van der Waals surface area (Å²) in [5, 5.41) is 4.21. The number of aromatic nitrogens is 2. The van der Waals surface area contributed by atoms with E-state index in [1.807, 2.05) is 24.3 Å². The zero-order valence-electron chi connectivity index (χ0n) is 12.9. The number of amides is 1. The normalized spacial score (nSPS) is 26.7. The smallest absolute Gasteiger partial charge is 0.240 e. The molecular weight excluding hydrogens is 268 g/mol. The Morgan fingerprint density at radius 1 is 1.43 bits per heavy atom. The van der Waals surface area contributed by atoms with Crippen LogP contribution in [-0.4, -0.2) is 64.4 Å². The second-order valence-electron chi connectivity index (χ2n) is 6.09. The maximum absolute atomic E-state index is 12.7. The van der Waals surface area contributed by atoms with E-state index in [2.05, 4.69) is 10.00 Å². The molecule has 0 aromatic carbocycles. The Morgan fingerprint density at radius 3 is 2.81 bits per heavy atom. The first kappa shape index (κ1) is 14.5. The predicted octanol–water partition coefficient (Wildman–Crippen LogP) is 0.632. The summed E-state index contributed by atoms with van der Waals surface area (Å²) < 4.78 is 7.30. The lowest BCUT2D eigenvalue weighted by molar-refractivity contribution is -0.135. The molecule has 3 rings (SSSR count). The second kappa shape index (κ2) is 6.15. The average Bonchev–Trinajstić information content (AvgIpc) is 3.19. The molecule has 0 bridgehead atoms. The molecule has 6 nitrogen and oxygen atoms in total. The third-order valence-corrected chi connectivity index (χ3v) is 4.55. The van der Waals surface area contributed by atoms with Gasteiger partial charge in [0.15, 0.2) is 0 Å². The Labute approximate surface area is 125 Å². The number of ether oxygens (including phenoxy) is 1. The van der Waals surface area contributed by atoms with Crippen LogP contribution in [0.4, 0.5) is 0 Å². The molecule has 116 valence electrons. The van der Waals surface area contributed by atoms with Crippen LogP contribution in [0.25, 0.3) is 0 Å². The molecule has 1 amide bonds. The third kappa shape index (κ3) is 3.11. The van der Waals surface area contributed by atoms with E-state index in [-0.39, 0.29) is 18.1 Å². The third-order valence-electron chi connectivity index (χ3n) is 4.55. The zero-order valence-corrected chi connectivity index (χ0v) is 12.9. The Morgan fingerprint density at radius 2 is 2.19 bits per heavy atom. The molecule has 0 saturated carbocycles. The molecule has 2 fully saturated rings. The van der Waals surface area contributed by atoms with Crippen LogP contribution in [-0.2, 0) is 23.1 Å². The SMILES string of the molecule is CO[C@H]1C[C@@H](C(=O)N2CCCC2)N(Cc2cnn(C)c2)C1. The highest BCUT2D eigenvalue weighted by molar-refractivity contribution is 5.82. The minimum Gasteiger partial charge on any atom is -0.380 e. The van der Waals surface area contributed by atoms with Crippen molar-refractivity contribution in [2.75, 3.05) is 26.7 Å². The van der Waals surface area contributed by atoms with Crippen LogP contribution in [0.5, 0.6) is 0 Å². The number of aryl methyl sites for hydroxylation is 1. The largest absolute Gasteiger partial charge is 0.380 e. The Bertz CT molecular complexity index is 496. The standard InChI is InChI=1S/C15H24N4O2/c1-17-9-12(8-16-17)10-19-11-13(21-2)7-14(19)15(20)18-5-3-4-6-18/h8-9,13-14H,3-7,10-11H2,1-2H3/t13-,14-/m0/s1. The number of hydrogen-bond acceptors (Lipinski definition) is 4. The molecule has 0 N–H and O–H groups in total. The van der Waals surface area contributed by atoms with Crippen molar-refractivity contribution in [1.82, 2.24) is 19.6 Å². The van der Waals surface area contributed by atoms with Crippen LogP contribution < -0.4 is 0 Å². The van der Waals surface area contributed by atoms with Crippen molar-refractivity contribution in [3.63, 3.8) is 0 Å². The molecule has 2 aliphatic rings. The van der Waals surface area contributed by atoms with E-state index < -0.39 is 0 Å². The summed E-state index contributed by atoms with van der Waals surface area (Å²) in [5.41, 5.74) is 1.15. The molecule has 2 aliphatic heterocycles. The highest BCUT2D eigenvalue weighted by atomic mass is 16.5. The monoisotopic (exact) mass is 292 g/mol. The van der Waals surface area contributed by atoms with Crippen LogP contribution in [0.15, 0.2) is 12.4 Å². The number of carbonyl (C=O) groups excluding carboxylic acids is 1. The number of carbonyl (C=O) groups is 1. The van der Waals surface area contributed by atoms with Crippen molar-refractivity contribution in [3.8, 4) is 0 Å². The van der Waals surface area contributed by atoms with Crippen LogP contribution in [0.3, 0.4) is 0 Å². The van der Waals surface area contributed by atoms with Gasteiger partial charge in [0.1, 0.15) is 0 Å². The summed E-state index contributed by atoms with van der Waals surface area (Å²) in [5.74, 6) is 0.274. The average molecular weight is 292 g/mol. The summed E-state index contributed by atoms with van der Waals surface area (Å²) in [4.78, 5) is 17.0. The van der Waals surface area contributed by atoms with Crippen molar-refractivity contribution >= 4 is 5.91 Å². The summed E-state index contributed by atoms with van der Waals surface area (Å²) >= 11 is 0. The first-order chi connectivity index (χ1) is 10.2. The van der Waals surface area contributed by atoms with Gasteiger partial charge in [-0.2, -0.15) is 5.10 Å². The fraction of sp³-hybridized carbons (Fsp3) is 0.733. The molecule has 0 aliphatic carbocycles. The van der Waals surface area contributed by atoms with E-state index in [0.717, 1.165) is 51.0 Å². The maximum Gasteiger partial charge on any atom is 0.240 e. The van der Waals surface area contributed by atoms with Crippen LogP contribution in [0.1, 0.15) is 24.8 Å². The highest BCUT2D eigenvalue weighted by Gasteiger charge is 2.39. The molecule has 21 heavy (non-hydrogen) atoms. The minimum absolute atomic E-state index is 0.0479. The van der Waals surface area contributed by atoms with Gasteiger partial charge in [-0.25, -0.2) is 0 Å². The van der Waals surface area contributed by atoms with E-state index >= 15 is 0 Å². The number of hydrogen-bond donors (Lipinski definition) is 0. The van der Waals surface area contributed by atoms with Crippen molar-refractivity contribution in [3.05, 3.63) is 18.0 Å². The van der Waals surface area contributed by atoms with E-state index in [9.17, 15) is 4.79 Å². The van der Waals surface area contributed by atoms with Gasteiger partial charge in [0.05, 0.1) is 18.3 Å². The summed E-state index contributed by atoms with van der Waals surface area (Å²) in [6.45, 7) is 3.40. The van der Waals surface area contributed by atoms with Crippen molar-refractivity contribution < 1.29 is 9.53 Å². The van der Waals surface area contributed by atoms with E-state index in [4.69, 9.17) is 4.74 Å². The molecular formula is C15H24N4O2. The van der Waals surface area contributed by atoms with Gasteiger partial charge in [-0.1, -0.05) is 0 Å². The van der Waals surface area contributed by atoms with Gasteiger partial charge >= 0.3 is 0 Å². The Hall–Kier alpha value is -1.40. The summed E-state index contributed by atoms with van der Waals surface area (Å²) in [6.07, 6.45) is 7.10.